The molecule has 5 nitrogen and oxygen atoms in total. The van der Waals surface area contributed by atoms with Crippen LogP contribution in [0.4, 0.5) is 0 Å². The number of hydrogen-bond acceptors (Lipinski definition) is 4. The maximum absolute atomic E-state index is 12.6. The molecule has 2 N–H and O–H groups in total. The summed E-state index contributed by atoms with van der Waals surface area (Å²) in [7, 11) is 0. The second kappa shape index (κ2) is 7.28. The minimum atomic E-state index is -0.136. The first-order valence-electron chi connectivity index (χ1n) is 8.97. The van der Waals surface area contributed by atoms with Crippen molar-refractivity contribution in [3.05, 3.63) is 0 Å². The van der Waals surface area contributed by atoms with Gasteiger partial charge in [0.1, 0.15) is 0 Å². The molecule has 2 aliphatic heterocycles. The zero-order valence-corrected chi connectivity index (χ0v) is 13.6. The van der Waals surface area contributed by atoms with Gasteiger partial charge in [0.25, 0.3) is 0 Å². The van der Waals surface area contributed by atoms with E-state index in [0.29, 0.717) is 12.5 Å². The summed E-state index contributed by atoms with van der Waals surface area (Å²) in [6.07, 6.45) is 8.54. The van der Waals surface area contributed by atoms with E-state index in [1.807, 2.05) is 0 Å². The van der Waals surface area contributed by atoms with E-state index < -0.39 is 0 Å². The number of amides is 1. The number of nitrogens with zero attached hydrogens (tertiary/aromatic N) is 1. The van der Waals surface area contributed by atoms with Crippen molar-refractivity contribution in [2.45, 2.75) is 62.9 Å². The zero-order valence-electron chi connectivity index (χ0n) is 13.6. The number of carbonyl (C=O) groups is 1. The van der Waals surface area contributed by atoms with Crippen LogP contribution in [-0.2, 0) is 9.53 Å². The Morgan fingerprint density at radius 2 is 1.86 bits per heavy atom. The van der Waals surface area contributed by atoms with Gasteiger partial charge in [-0.3, -0.25) is 9.69 Å². The van der Waals surface area contributed by atoms with Crippen molar-refractivity contribution < 1.29 is 14.6 Å². The highest BCUT2D eigenvalue weighted by molar-refractivity contribution is 5.80. The number of rotatable bonds is 5. The lowest BCUT2D eigenvalue weighted by Gasteiger charge is -2.46. The molecule has 0 bridgehead atoms. The molecule has 1 saturated carbocycles. The predicted octanol–water partition coefficient (Wildman–Crippen LogP) is 1.30. The van der Waals surface area contributed by atoms with E-state index in [0.717, 1.165) is 52.0 Å². The number of likely N-dealkylation sites (tertiary alicyclic amines) is 1. The standard InChI is InChI=1S/C17H30N2O3/c20-9-8-17(6-2-1-3-7-17)18-16(21)14-12-19(13-14)15-4-10-22-11-5-15/h14-15,20H,1-13H2,(H,18,21). The topological polar surface area (TPSA) is 61.8 Å². The van der Waals surface area contributed by atoms with Crippen molar-refractivity contribution in [1.82, 2.24) is 10.2 Å². The summed E-state index contributed by atoms with van der Waals surface area (Å²) >= 11 is 0. The van der Waals surface area contributed by atoms with Crippen molar-refractivity contribution >= 4 is 5.91 Å². The number of hydrogen-bond donors (Lipinski definition) is 2. The Hall–Kier alpha value is -0.650. The highest BCUT2D eigenvalue weighted by atomic mass is 16.5. The van der Waals surface area contributed by atoms with E-state index >= 15 is 0 Å². The zero-order chi connectivity index (χ0) is 15.4. The molecule has 1 aliphatic carbocycles. The second-order valence-electron chi connectivity index (χ2n) is 7.30. The average molecular weight is 310 g/mol. The summed E-state index contributed by atoms with van der Waals surface area (Å²) in [4.78, 5) is 15.0. The molecule has 0 radical (unpaired) electrons. The van der Waals surface area contributed by atoms with Crippen molar-refractivity contribution in [3.63, 3.8) is 0 Å². The lowest BCUT2D eigenvalue weighted by Crippen LogP contribution is -2.61. The molecule has 1 amide bonds. The van der Waals surface area contributed by atoms with Crippen molar-refractivity contribution in [2.75, 3.05) is 32.9 Å². The first-order chi connectivity index (χ1) is 10.7. The van der Waals surface area contributed by atoms with Gasteiger partial charge in [-0.15, -0.1) is 0 Å². The highest BCUT2D eigenvalue weighted by Gasteiger charge is 2.40. The number of ether oxygens (including phenoxy) is 1. The largest absolute Gasteiger partial charge is 0.396 e. The Kier molecular flexibility index (Phi) is 5.37. The van der Waals surface area contributed by atoms with E-state index in [9.17, 15) is 9.90 Å². The van der Waals surface area contributed by atoms with Gasteiger partial charge in [0, 0.05) is 44.5 Å². The van der Waals surface area contributed by atoms with Gasteiger partial charge in [-0.2, -0.15) is 0 Å². The van der Waals surface area contributed by atoms with Gasteiger partial charge in [0.05, 0.1) is 5.92 Å². The summed E-state index contributed by atoms with van der Waals surface area (Å²) < 4.78 is 5.40. The molecule has 0 spiro atoms. The molecule has 3 fully saturated rings. The molecule has 3 aliphatic rings. The third kappa shape index (κ3) is 3.63. The fraction of sp³-hybridized carbons (Fsp3) is 0.941. The minimum Gasteiger partial charge on any atom is -0.396 e. The predicted molar refractivity (Wildman–Crippen MR) is 84.6 cm³/mol. The smallest absolute Gasteiger partial charge is 0.226 e. The molecule has 0 unspecified atom stereocenters. The van der Waals surface area contributed by atoms with Gasteiger partial charge in [0.2, 0.25) is 5.91 Å². The van der Waals surface area contributed by atoms with Crippen LogP contribution < -0.4 is 5.32 Å². The van der Waals surface area contributed by atoms with Gasteiger partial charge in [-0.25, -0.2) is 0 Å². The molecule has 126 valence electrons. The fourth-order valence-corrected chi connectivity index (χ4v) is 4.27. The van der Waals surface area contributed by atoms with Gasteiger partial charge in [-0.1, -0.05) is 19.3 Å². The Morgan fingerprint density at radius 1 is 1.18 bits per heavy atom. The minimum absolute atomic E-state index is 0.136. The maximum Gasteiger partial charge on any atom is 0.226 e. The number of carbonyl (C=O) groups excluding carboxylic acids is 1. The first-order valence-corrected chi connectivity index (χ1v) is 8.97. The molecule has 22 heavy (non-hydrogen) atoms. The average Bonchev–Trinajstić information content (AvgIpc) is 2.48. The van der Waals surface area contributed by atoms with E-state index in [1.54, 1.807) is 0 Å². The lowest BCUT2D eigenvalue weighted by atomic mass is 9.78. The van der Waals surface area contributed by atoms with Crippen LogP contribution in [0.3, 0.4) is 0 Å². The van der Waals surface area contributed by atoms with Crippen LogP contribution in [0.25, 0.3) is 0 Å². The monoisotopic (exact) mass is 310 g/mol. The second-order valence-corrected chi connectivity index (χ2v) is 7.30. The van der Waals surface area contributed by atoms with E-state index in [2.05, 4.69) is 10.2 Å². The van der Waals surface area contributed by atoms with E-state index in [-0.39, 0.29) is 24.0 Å². The number of aliphatic hydroxyl groups is 1. The van der Waals surface area contributed by atoms with Gasteiger partial charge in [-0.05, 0) is 32.1 Å². The van der Waals surface area contributed by atoms with Crippen molar-refractivity contribution in [2.24, 2.45) is 5.92 Å². The van der Waals surface area contributed by atoms with Crippen LogP contribution in [0.2, 0.25) is 0 Å². The summed E-state index contributed by atoms with van der Waals surface area (Å²) in [6.45, 7) is 3.67. The molecule has 0 atom stereocenters. The SMILES string of the molecule is O=C(NC1(CCO)CCCCC1)C1CN(C2CCOCC2)C1. The van der Waals surface area contributed by atoms with Crippen molar-refractivity contribution in [1.29, 1.82) is 0 Å². The van der Waals surface area contributed by atoms with E-state index in [4.69, 9.17) is 4.74 Å². The van der Waals surface area contributed by atoms with E-state index in [1.165, 1.54) is 19.3 Å². The lowest BCUT2D eigenvalue weighted by molar-refractivity contribution is -0.135. The Bertz CT molecular complexity index is 365. The molecule has 2 heterocycles. The molecular weight excluding hydrogens is 280 g/mol. The summed E-state index contributed by atoms with van der Waals surface area (Å²) in [5, 5.41) is 12.7. The molecule has 3 rings (SSSR count). The molecular formula is C17H30N2O3. The third-order valence-corrected chi connectivity index (χ3v) is 5.78. The Labute approximate surface area is 133 Å². The quantitative estimate of drug-likeness (QED) is 0.803. The van der Waals surface area contributed by atoms with Crippen LogP contribution in [-0.4, -0.2) is 60.4 Å². The molecule has 5 heteroatoms. The maximum atomic E-state index is 12.6. The van der Waals surface area contributed by atoms with Crippen molar-refractivity contribution in [3.8, 4) is 0 Å². The van der Waals surface area contributed by atoms with Crippen LogP contribution in [0.15, 0.2) is 0 Å². The van der Waals surface area contributed by atoms with Gasteiger partial charge in [0.15, 0.2) is 0 Å². The van der Waals surface area contributed by atoms with Crippen LogP contribution in [0.5, 0.6) is 0 Å². The summed E-state index contributed by atoms with van der Waals surface area (Å²) in [6, 6.07) is 0.610. The summed E-state index contributed by atoms with van der Waals surface area (Å²) in [5.41, 5.74) is -0.136. The van der Waals surface area contributed by atoms with Gasteiger partial charge < -0.3 is 15.2 Å². The highest BCUT2D eigenvalue weighted by Crippen LogP contribution is 2.32. The Morgan fingerprint density at radius 3 is 2.50 bits per heavy atom. The molecule has 2 saturated heterocycles. The first kappa shape index (κ1) is 16.2. The van der Waals surface area contributed by atoms with Crippen LogP contribution in [0.1, 0.15) is 51.4 Å². The fourth-order valence-electron chi connectivity index (χ4n) is 4.27. The number of nitrogens with one attached hydrogen (secondary N) is 1. The van der Waals surface area contributed by atoms with Gasteiger partial charge >= 0.3 is 0 Å². The molecule has 0 aromatic carbocycles. The van der Waals surface area contributed by atoms with Crippen LogP contribution >= 0.6 is 0 Å². The molecule has 0 aromatic heterocycles. The third-order valence-electron chi connectivity index (χ3n) is 5.78. The Balaban J connectivity index is 1.47. The molecule has 0 aromatic rings. The summed E-state index contributed by atoms with van der Waals surface area (Å²) in [5.74, 6) is 0.346. The normalized spacial score (nSPS) is 27.3. The van der Waals surface area contributed by atoms with Crippen LogP contribution in [0, 0.1) is 5.92 Å². The number of aliphatic hydroxyl groups excluding tert-OH is 1.